The van der Waals surface area contributed by atoms with Crippen molar-refractivity contribution in [1.82, 2.24) is 0 Å². The first-order valence-corrected chi connectivity index (χ1v) is 7.77. The van der Waals surface area contributed by atoms with Crippen LogP contribution in [0.25, 0.3) is 6.08 Å². The van der Waals surface area contributed by atoms with E-state index in [9.17, 15) is 4.79 Å². The van der Waals surface area contributed by atoms with Crippen LogP contribution in [0.5, 0.6) is 0 Å². The third kappa shape index (κ3) is 4.47. The highest BCUT2D eigenvalue weighted by Crippen LogP contribution is 2.19. The molecule has 0 aromatic heterocycles. The number of rotatable bonds is 6. The van der Waals surface area contributed by atoms with Crippen molar-refractivity contribution >= 4 is 17.7 Å². The smallest absolute Gasteiger partial charge is 0.348 e. The Kier molecular flexibility index (Phi) is 6.16. The zero-order chi connectivity index (χ0) is 17.4. The highest BCUT2D eigenvalue weighted by Gasteiger charge is 2.09. The molecule has 2 aromatic rings. The van der Waals surface area contributed by atoms with Crippen LogP contribution in [0.3, 0.4) is 0 Å². The van der Waals surface area contributed by atoms with Crippen molar-refractivity contribution in [2.45, 2.75) is 13.5 Å². The van der Waals surface area contributed by atoms with E-state index in [1.54, 1.807) is 0 Å². The van der Waals surface area contributed by atoms with E-state index in [0.717, 1.165) is 24.3 Å². The van der Waals surface area contributed by atoms with Crippen molar-refractivity contribution in [2.24, 2.45) is 0 Å². The number of ether oxygens (including phenoxy) is 1. The molecule has 0 unspecified atom stereocenters. The summed E-state index contributed by atoms with van der Waals surface area (Å²) in [7, 11) is 1.26. The van der Waals surface area contributed by atoms with E-state index in [0.29, 0.717) is 0 Å². The van der Waals surface area contributed by atoms with Gasteiger partial charge in [-0.1, -0.05) is 42.5 Å². The molecule has 0 heterocycles. The Balaban J connectivity index is 2.17. The van der Waals surface area contributed by atoms with E-state index in [1.165, 1.54) is 18.7 Å². The fraction of sp³-hybridized carbons (Fsp3) is 0.200. The van der Waals surface area contributed by atoms with Crippen LogP contribution >= 0.6 is 0 Å². The van der Waals surface area contributed by atoms with Crippen LogP contribution in [-0.2, 0) is 16.1 Å². The fourth-order valence-electron chi connectivity index (χ4n) is 2.38. The Hall–Kier alpha value is -3.06. The van der Waals surface area contributed by atoms with Crippen LogP contribution in [-0.4, -0.2) is 19.6 Å². The number of methoxy groups -OCH3 is 1. The van der Waals surface area contributed by atoms with Gasteiger partial charge in [0.05, 0.1) is 7.11 Å². The zero-order valence-corrected chi connectivity index (χ0v) is 13.9. The van der Waals surface area contributed by atoms with Gasteiger partial charge in [-0.15, -0.1) is 0 Å². The molecule has 0 spiro atoms. The maximum Gasteiger partial charge on any atom is 0.348 e. The predicted molar refractivity (Wildman–Crippen MR) is 95.2 cm³/mol. The van der Waals surface area contributed by atoms with E-state index in [1.807, 2.05) is 48.5 Å². The van der Waals surface area contributed by atoms with Gasteiger partial charge in [-0.05, 0) is 36.3 Å². The van der Waals surface area contributed by atoms with Gasteiger partial charge in [0.15, 0.2) is 0 Å². The molecule has 0 aliphatic rings. The van der Waals surface area contributed by atoms with Crippen LogP contribution in [0.1, 0.15) is 18.1 Å². The quantitative estimate of drug-likeness (QED) is 0.461. The van der Waals surface area contributed by atoms with Gasteiger partial charge in [0.25, 0.3) is 0 Å². The van der Waals surface area contributed by atoms with Gasteiger partial charge >= 0.3 is 5.97 Å². The first-order valence-electron chi connectivity index (χ1n) is 7.77. The summed E-state index contributed by atoms with van der Waals surface area (Å²) in [5.74, 6) is -0.624. The van der Waals surface area contributed by atoms with Crippen molar-refractivity contribution in [2.75, 3.05) is 18.6 Å². The van der Waals surface area contributed by atoms with Crippen molar-refractivity contribution in [3.8, 4) is 6.07 Å². The molecule has 4 nitrogen and oxygen atoms in total. The summed E-state index contributed by atoms with van der Waals surface area (Å²) < 4.78 is 4.58. The van der Waals surface area contributed by atoms with E-state index < -0.39 is 5.97 Å². The van der Waals surface area contributed by atoms with Crippen molar-refractivity contribution in [3.05, 3.63) is 71.3 Å². The van der Waals surface area contributed by atoms with Crippen LogP contribution in [0.4, 0.5) is 5.69 Å². The topological polar surface area (TPSA) is 53.3 Å². The van der Waals surface area contributed by atoms with Crippen LogP contribution in [0, 0.1) is 11.3 Å². The van der Waals surface area contributed by atoms with E-state index in [4.69, 9.17) is 5.26 Å². The number of anilines is 1. The van der Waals surface area contributed by atoms with Crippen LogP contribution < -0.4 is 4.90 Å². The maximum atomic E-state index is 11.5. The Bertz CT molecular complexity index is 743. The molecule has 0 radical (unpaired) electrons. The number of carbonyl (C=O) groups is 1. The molecule has 0 fully saturated rings. The molecule has 0 aliphatic carbocycles. The van der Waals surface area contributed by atoms with Gasteiger partial charge in [0.2, 0.25) is 0 Å². The minimum Gasteiger partial charge on any atom is -0.465 e. The lowest BCUT2D eigenvalue weighted by Gasteiger charge is -2.23. The second kappa shape index (κ2) is 8.54. The summed E-state index contributed by atoms with van der Waals surface area (Å²) in [6.45, 7) is 3.83. The number of esters is 1. The van der Waals surface area contributed by atoms with Gasteiger partial charge in [0.1, 0.15) is 11.6 Å². The summed E-state index contributed by atoms with van der Waals surface area (Å²) in [5.41, 5.74) is 3.12. The number of hydrogen-bond donors (Lipinski definition) is 0. The molecule has 0 saturated heterocycles. The molecule has 0 amide bonds. The monoisotopic (exact) mass is 320 g/mol. The van der Waals surface area contributed by atoms with Gasteiger partial charge in [-0.2, -0.15) is 5.26 Å². The van der Waals surface area contributed by atoms with E-state index >= 15 is 0 Å². The van der Waals surface area contributed by atoms with Gasteiger partial charge < -0.3 is 9.64 Å². The third-order valence-corrected chi connectivity index (χ3v) is 3.69. The number of nitriles is 1. The molecule has 2 aromatic carbocycles. The molecule has 0 atom stereocenters. The predicted octanol–water partition coefficient (Wildman–Crippen LogP) is 3.79. The van der Waals surface area contributed by atoms with E-state index in [-0.39, 0.29) is 5.57 Å². The molecular weight excluding hydrogens is 300 g/mol. The fourth-order valence-corrected chi connectivity index (χ4v) is 2.38. The Labute approximate surface area is 142 Å². The summed E-state index contributed by atoms with van der Waals surface area (Å²) >= 11 is 0. The SMILES string of the molecule is CCN(Cc1ccccc1)c1ccc(C=C(C#N)C(=O)OC)cc1. The second-order valence-corrected chi connectivity index (χ2v) is 5.25. The lowest BCUT2D eigenvalue weighted by Crippen LogP contribution is -2.21. The molecule has 0 N–H and O–H groups in total. The normalized spacial score (nSPS) is 10.8. The van der Waals surface area contributed by atoms with E-state index in [2.05, 4.69) is 28.7 Å². The molecule has 122 valence electrons. The first kappa shape index (κ1) is 17.3. The minimum atomic E-state index is -0.624. The largest absolute Gasteiger partial charge is 0.465 e. The van der Waals surface area contributed by atoms with Gasteiger partial charge in [0, 0.05) is 18.8 Å². The van der Waals surface area contributed by atoms with Crippen LogP contribution in [0.2, 0.25) is 0 Å². The summed E-state index contributed by atoms with van der Waals surface area (Å²) in [6.07, 6.45) is 1.53. The Morgan fingerprint density at radius 3 is 2.38 bits per heavy atom. The Morgan fingerprint density at radius 2 is 1.83 bits per heavy atom. The lowest BCUT2D eigenvalue weighted by molar-refractivity contribution is -0.135. The minimum absolute atomic E-state index is 0.0121. The molecule has 2 rings (SSSR count). The van der Waals surface area contributed by atoms with Crippen molar-refractivity contribution < 1.29 is 9.53 Å². The average Bonchev–Trinajstić information content (AvgIpc) is 2.65. The molecular formula is C20H20N2O2. The molecule has 0 aliphatic heterocycles. The summed E-state index contributed by atoms with van der Waals surface area (Å²) in [4.78, 5) is 13.7. The molecule has 0 saturated carbocycles. The summed E-state index contributed by atoms with van der Waals surface area (Å²) in [6, 6.07) is 19.9. The van der Waals surface area contributed by atoms with Gasteiger partial charge in [-0.25, -0.2) is 4.79 Å². The van der Waals surface area contributed by atoms with Crippen molar-refractivity contribution in [1.29, 1.82) is 5.26 Å². The molecule has 0 bridgehead atoms. The first-order chi connectivity index (χ1) is 11.7. The molecule has 24 heavy (non-hydrogen) atoms. The lowest BCUT2D eigenvalue weighted by atomic mass is 10.1. The van der Waals surface area contributed by atoms with Crippen LogP contribution in [0.15, 0.2) is 60.2 Å². The zero-order valence-electron chi connectivity index (χ0n) is 13.9. The third-order valence-electron chi connectivity index (χ3n) is 3.69. The highest BCUT2D eigenvalue weighted by atomic mass is 16.5. The highest BCUT2D eigenvalue weighted by molar-refractivity contribution is 5.97. The maximum absolute atomic E-state index is 11.5. The number of carbonyl (C=O) groups excluding carboxylic acids is 1. The van der Waals surface area contributed by atoms with Crippen molar-refractivity contribution in [3.63, 3.8) is 0 Å². The number of nitrogens with zero attached hydrogens (tertiary/aromatic N) is 2. The standard InChI is InChI=1S/C20H20N2O2/c1-3-22(15-17-7-5-4-6-8-17)19-11-9-16(10-12-19)13-18(14-21)20(23)24-2/h4-13H,3,15H2,1-2H3. The summed E-state index contributed by atoms with van der Waals surface area (Å²) in [5, 5.41) is 9.01. The van der Waals surface area contributed by atoms with Gasteiger partial charge in [-0.3, -0.25) is 0 Å². The second-order valence-electron chi connectivity index (χ2n) is 5.25. The number of hydrogen-bond acceptors (Lipinski definition) is 4. The molecule has 4 heteroatoms. The average molecular weight is 320 g/mol. The number of benzene rings is 2. The Morgan fingerprint density at radius 1 is 1.17 bits per heavy atom.